The Morgan fingerprint density at radius 3 is 2.82 bits per heavy atom. The zero-order valence-corrected chi connectivity index (χ0v) is 13.5. The number of nitrogens with one attached hydrogen (secondary N) is 1. The molecular weight excluding hydrogens is 278 g/mol. The van der Waals surface area contributed by atoms with Crippen molar-refractivity contribution in [2.75, 3.05) is 20.8 Å². The third kappa shape index (κ3) is 4.60. The topological polar surface area (TPSA) is 47.6 Å². The van der Waals surface area contributed by atoms with Crippen LogP contribution in [0.2, 0.25) is 0 Å². The predicted molar refractivity (Wildman–Crippen MR) is 87.2 cm³/mol. The van der Waals surface area contributed by atoms with Gasteiger partial charge in [-0.05, 0) is 50.3 Å². The Balaban J connectivity index is 1.91. The van der Waals surface area contributed by atoms with Gasteiger partial charge in [-0.25, -0.2) is 0 Å². The molecule has 4 nitrogen and oxygen atoms in total. The number of carbonyl (C=O) groups is 1. The van der Waals surface area contributed by atoms with Gasteiger partial charge in [-0.15, -0.1) is 0 Å². The van der Waals surface area contributed by atoms with Gasteiger partial charge in [-0.1, -0.05) is 11.6 Å². The first-order chi connectivity index (χ1) is 10.7. The fourth-order valence-corrected chi connectivity index (χ4v) is 2.76. The molecule has 0 unspecified atom stereocenters. The van der Waals surface area contributed by atoms with Crippen molar-refractivity contribution in [2.45, 2.75) is 38.7 Å². The third-order valence-electron chi connectivity index (χ3n) is 3.96. The molecule has 0 fully saturated rings. The maximum absolute atomic E-state index is 12.2. The lowest BCUT2D eigenvalue weighted by Gasteiger charge is -2.13. The first-order valence-corrected chi connectivity index (χ1v) is 7.86. The monoisotopic (exact) mass is 303 g/mol. The van der Waals surface area contributed by atoms with Crippen LogP contribution in [0.25, 0.3) is 0 Å². The maximum atomic E-state index is 12.2. The number of methoxy groups -OCH3 is 2. The zero-order chi connectivity index (χ0) is 15.8. The Bertz CT molecular complexity index is 537. The lowest BCUT2D eigenvalue weighted by Crippen LogP contribution is -2.25. The average Bonchev–Trinajstić information content (AvgIpc) is 2.56. The van der Waals surface area contributed by atoms with Crippen LogP contribution in [-0.4, -0.2) is 26.7 Å². The second-order valence-electron chi connectivity index (χ2n) is 5.57. The van der Waals surface area contributed by atoms with Crippen LogP contribution in [0.4, 0.5) is 0 Å². The van der Waals surface area contributed by atoms with Crippen LogP contribution in [0.3, 0.4) is 0 Å². The molecule has 0 spiro atoms. The summed E-state index contributed by atoms with van der Waals surface area (Å²) in [5, 5.41) is 2.99. The molecule has 1 aromatic rings. The number of rotatable bonds is 7. The summed E-state index contributed by atoms with van der Waals surface area (Å²) in [5.41, 5.74) is 3.00. The molecule has 0 atom stereocenters. The Morgan fingerprint density at radius 2 is 2.14 bits per heavy atom. The first-order valence-electron chi connectivity index (χ1n) is 7.86. The minimum atomic E-state index is -0.0450. The van der Waals surface area contributed by atoms with Crippen LogP contribution < -0.4 is 10.1 Å². The van der Waals surface area contributed by atoms with Gasteiger partial charge in [-0.3, -0.25) is 4.79 Å². The van der Waals surface area contributed by atoms with Gasteiger partial charge < -0.3 is 14.8 Å². The van der Waals surface area contributed by atoms with E-state index in [1.807, 2.05) is 12.1 Å². The largest absolute Gasteiger partial charge is 0.496 e. The Morgan fingerprint density at radius 1 is 1.27 bits per heavy atom. The van der Waals surface area contributed by atoms with Crippen molar-refractivity contribution in [1.29, 1.82) is 0 Å². The van der Waals surface area contributed by atoms with Gasteiger partial charge in [0, 0.05) is 24.8 Å². The minimum absolute atomic E-state index is 0.0450. The van der Waals surface area contributed by atoms with Crippen LogP contribution >= 0.6 is 0 Å². The van der Waals surface area contributed by atoms with Gasteiger partial charge in [0.2, 0.25) is 0 Å². The second kappa shape index (κ2) is 8.59. The van der Waals surface area contributed by atoms with Crippen molar-refractivity contribution in [3.63, 3.8) is 0 Å². The SMILES string of the molecule is COCc1cc(C(=O)NCCC2=CCCCC2)ccc1OC. The van der Waals surface area contributed by atoms with Gasteiger partial charge in [0.25, 0.3) is 5.91 Å². The quantitative estimate of drug-likeness (QED) is 0.785. The van der Waals surface area contributed by atoms with E-state index in [0.29, 0.717) is 18.7 Å². The molecule has 0 aromatic heterocycles. The molecule has 4 heteroatoms. The van der Waals surface area contributed by atoms with Crippen LogP contribution in [0.15, 0.2) is 29.8 Å². The fourth-order valence-electron chi connectivity index (χ4n) is 2.76. The van der Waals surface area contributed by atoms with E-state index in [0.717, 1.165) is 17.7 Å². The summed E-state index contributed by atoms with van der Waals surface area (Å²) in [5.74, 6) is 0.696. The highest BCUT2D eigenvalue weighted by Gasteiger charge is 2.10. The van der Waals surface area contributed by atoms with Gasteiger partial charge in [0.05, 0.1) is 13.7 Å². The number of allylic oxidation sites excluding steroid dienone is 1. The van der Waals surface area contributed by atoms with Crippen LogP contribution in [0.1, 0.15) is 48.0 Å². The molecule has 0 aliphatic heterocycles. The summed E-state index contributed by atoms with van der Waals surface area (Å²) in [6, 6.07) is 5.43. The second-order valence-corrected chi connectivity index (χ2v) is 5.57. The zero-order valence-electron chi connectivity index (χ0n) is 13.5. The summed E-state index contributed by atoms with van der Waals surface area (Å²) in [6.07, 6.45) is 8.20. The van der Waals surface area contributed by atoms with Crippen molar-refractivity contribution in [3.8, 4) is 5.75 Å². The number of ether oxygens (including phenoxy) is 2. The van der Waals surface area contributed by atoms with E-state index in [1.165, 1.54) is 31.3 Å². The van der Waals surface area contributed by atoms with Crippen molar-refractivity contribution in [1.82, 2.24) is 5.32 Å². The molecule has 22 heavy (non-hydrogen) atoms. The van der Waals surface area contributed by atoms with Crippen LogP contribution in [0, 0.1) is 0 Å². The number of amides is 1. The maximum Gasteiger partial charge on any atom is 0.251 e. The van der Waals surface area contributed by atoms with E-state index in [-0.39, 0.29) is 5.91 Å². The van der Waals surface area contributed by atoms with Gasteiger partial charge in [-0.2, -0.15) is 0 Å². The molecule has 1 N–H and O–H groups in total. The molecule has 0 heterocycles. The van der Waals surface area contributed by atoms with Gasteiger partial charge in [0.15, 0.2) is 0 Å². The minimum Gasteiger partial charge on any atom is -0.496 e. The highest BCUT2D eigenvalue weighted by Crippen LogP contribution is 2.21. The highest BCUT2D eigenvalue weighted by atomic mass is 16.5. The Hall–Kier alpha value is -1.81. The summed E-state index contributed by atoms with van der Waals surface area (Å²) in [7, 11) is 3.25. The van der Waals surface area contributed by atoms with E-state index in [2.05, 4.69) is 11.4 Å². The fraction of sp³-hybridized carbons (Fsp3) is 0.500. The lowest BCUT2D eigenvalue weighted by molar-refractivity contribution is 0.0953. The number of benzene rings is 1. The van der Waals surface area contributed by atoms with Crippen molar-refractivity contribution < 1.29 is 14.3 Å². The molecule has 120 valence electrons. The lowest BCUT2D eigenvalue weighted by atomic mass is 9.97. The molecule has 1 aliphatic rings. The summed E-state index contributed by atoms with van der Waals surface area (Å²) in [4.78, 5) is 12.2. The van der Waals surface area contributed by atoms with Crippen molar-refractivity contribution >= 4 is 5.91 Å². The van der Waals surface area contributed by atoms with Crippen molar-refractivity contribution in [2.24, 2.45) is 0 Å². The number of hydrogen-bond donors (Lipinski definition) is 1. The molecule has 0 saturated carbocycles. The van der Waals surface area contributed by atoms with E-state index in [1.54, 1.807) is 20.3 Å². The predicted octanol–water partition coefficient (Wildman–Crippen LogP) is 3.46. The number of carbonyl (C=O) groups excluding carboxylic acids is 1. The van der Waals surface area contributed by atoms with Crippen molar-refractivity contribution in [3.05, 3.63) is 41.0 Å². The Kier molecular flexibility index (Phi) is 6.46. The van der Waals surface area contributed by atoms with E-state index < -0.39 is 0 Å². The molecule has 1 aromatic carbocycles. The van der Waals surface area contributed by atoms with E-state index in [4.69, 9.17) is 9.47 Å². The van der Waals surface area contributed by atoms with Crippen LogP contribution in [-0.2, 0) is 11.3 Å². The molecule has 0 saturated heterocycles. The standard InChI is InChI=1S/C18H25NO3/c1-21-13-16-12-15(8-9-17(16)22-2)18(20)19-11-10-14-6-4-3-5-7-14/h6,8-9,12H,3-5,7,10-11,13H2,1-2H3,(H,19,20). The highest BCUT2D eigenvalue weighted by molar-refractivity contribution is 5.94. The van der Waals surface area contributed by atoms with E-state index >= 15 is 0 Å². The third-order valence-corrected chi connectivity index (χ3v) is 3.96. The van der Waals surface area contributed by atoms with Crippen LogP contribution in [0.5, 0.6) is 5.75 Å². The Labute approximate surface area is 132 Å². The molecule has 0 radical (unpaired) electrons. The average molecular weight is 303 g/mol. The van der Waals surface area contributed by atoms with Gasteiger partial charge >= 0.3 is 0 Å². The number of hydrogen-bond acceptors (Lipinski definition) is 3. The summed E-state index contributed by atoms with van der Waals surface area (Å²) >= 11 is 0. The van der Waals surface area contributed by atoms with Gasteiger partial charge in [0.1, 0.15) is 5.75 Å². The smallest absolute Gasteiger partial charge is 0.251 e. The molecule has 2 rings (SSSR count). The molecule has 1 aliphatic carbocycles. The molecular formula is C18H25NO3. The summed E-state index contributed by atoms with van der Waals surface area (Å²) < 4.78 is 10.4. The normalized spacial score (nSPS) is 14.4. The first kappa shape index (κ1) is 16.6. The molecule has 0 bridgehead atoms. The summed E-state index contributed by atoms with van der Waals surface area (Å²) in [6.45, 7) is 1.12. The van der Waals surface area contributed by atoms with E-state index in [9.17, 15) is 4.79 Å². The molecule has 1 amide bonds.